The van der Waals surface area contributed by atoms with Crippen LogP contribution in [0.15, 0.2) is 42.6 Å². The zero-order valence-electron chi connectivity index (χ0n) is 13.2. The maximum atomic E-state index is 6.18. The second-order valence-corrected chi connectivity index (χ2v) is 5.66. The molecule has 0 saturated heterocycles. The van der Waals surface area contributed by atoms with Crippen molar-refractivity contribution in [1.29, 1.82) is 0 Å². The molecule has 4 heteroatoms. The van der Waals surface area contributed by atoms with Crippen LogP contribution in [0.4, 0.5) is 5.82 Å². The second kappa shape index (κ2) is 6.18. The standard InChI is InChI=1S/C18H22N4/c1-3-8-13(4-2)15-12-20-22-17(19)11-16(21-18(15)22)14-9-6-5-7-10-14/h5-7,9-13H,3-4,8,19H2,1-2H3. The first-order valence-corrected chi connectivity index (χ1v) is 7.94. The van der Waals surface area contributed by atoms with E-state index in [0.717, 1.165) is 36.2 Å². The Labute approximate surface area is 131 Å². The average molecular weight is 294 g/mol. The minimum absolute atomic E-state index is 0.487. The molecule has 0 aliphatic rings. The third kappa shape index (κ3) is 2.56. The number of nitrogens with two attached hydrogens (primary N) is 1. The van der Waals surface area contributed by atoms with Crippen molar-refractivity contribution >= 4 is 11.5 Å². The SMILES string of the molecule is CCCC(CC)c1cnn2c(N)cc(-c3ccccc3)nc12. The normalized spacial score (nSPS) is 12.6. The number of nitrogens with zero attached hydrogens (tertiary/aromatic N) is 3. The Kier molecular flexibility index (Phi) is 4.09. The number of hydrogen-bond donors (Lipinski definition) is 1. The molecule has 0 aliphatic carbocycles. The summed E-state index contributed by atoms with van der Waals surface area (Å²) in [6, 6.07) is 12.0. The lowest BCUT2D eigenvalue weighted by Crippen LogP contribution is -2.03. The number of nitrogen functional groups attached to an aromatic ring is 1. The summed E-state index contributed by atoms with van der Waals surface area (Å²) in [5.74, 6) is 1.11. The molecule has 0 saturated carbocycles. The van der Waals surface area contributed by atoms with Crippen molar-refractivity contribution in [3.63, 3.8) is 0 Å². The Morgan fingerprint density at radius 1 is 1.18 bits per heavy atom. The largest absolute Gasteiger partial charge is 0.384 e. The number of aromatic nitrogens is 3. The van der Waals surface area contributed by atoms with Crippen LogP contribution in [0.2, 0.25) is 0 Å². The van der Waals surface area contributed by atoms with Crippen LogP contribution in [0.25, 0.3) is 16.9 Å². The highest BCUT2D eigenvalue weighted by molar-refractivity contribution is 5.67. The van der Waals surface area contributed by atoms with Crippen molar-refractivity contribution in [3.8, 4) is 11.3 Å². The van der Waals surface area contributed by atoms with E-state index in [9.17, 15) is 0 Å². The van der Waals surface area contributed by atoms with Crippen molar-refractivity contribution in [2.75, 3.05) is 5.73 Å². The van der Waals surface area contributed by atoms with Crippen LogP contribution >= 0.6 is 0 Å². The lowest BCUT2D eigenvalue weighted by atomic mass is 9.94. The molecule has 3 rings (SSSR count). The smallest absolute Gasteiger partial charge is 0.161 e. The van der Waals surface area contributed by atoms with Crippen molar-refractivity contribution in [1.82, 2.24) is 14.6 Å². The Morgan fingerprint density at radius 3 is 2.64 bits per heavy atom. The van der Waals surface area contributed by atoms with E-state index in [1.807, 2.05) is 30.5 Å². The second-order valence-electron chi connectivity index (χ2n) is 5.66. The Hall–Kier alpha value is -2.36. The van der Waals surface area contributed by atoms with Gasteiger partial charge in [-0.25, -0.2) is 4.98 Å². The topological polar surface area (TPSA) is 56.2 Å². The van der Waals surface area contributed by atoms with E-state index in [2.05, 4.69) is 31.1 Å². The molecule has 0 bridgehead atoms. The average Bonchev–Trinajstić information content (AvgIpc) is 2.98. The van der Waals surface area contributed by atoms with Gasteiger partial charge in [-0.1, -0.05) is 50.6 Å². The molecule has 0 spiro atoms. The van der Waals surface area contributed by atoms with Crippen molar-refractivity contribution in [2.24, 2.45) is 0 Å². The first-order valence-electron chi connectivity index (χ1n) is 7.94. The summed E-state index contributed by atoms with van der Waals surface area (Å²) in [4.78, 5) is 4.84. The van der Waals surface area contributed by atoms with Gasteiger partial charge in [0.15, 0.2) is 5.65 Å². The van der Waals surface area contributed by atoms with Crippen LogP contribution in [0.5, 0.6) is 0 Å². The van der Waals surface area contributed by atoms with Crippen molar-refractivity contribution < 1.29 is 0 Å². The molecule has 1 aromatic carbocycles. The number of anilines is 1. The van der Waals surface area contributed by atoms with Crippen molar-refractivity contribution in [2.45, 2.75) is 39.0 Å². The van der Waals surface area contributed by atoms with E-state index < -0.39 is 0 Å². The molecular weight excluding hydrogens is 272 g/mol. The fraction of sp³-hybridized carbons (Fsp3) is 0.333. The number of rotatable bonds is 5. The Morgan fingerprint density at radius 2 is 1.95 bits per heavy atom. The molecular formula is C18H22N4. The number of benzene rings is 1. The molecule has 2 heterocycles. The highest BCUT2D eigenvalue weighted by Crippen LogP contribution is 2.30. The molecule has 4 nitrogen and oxygen atoms in total. The molecule has 2 aromatic heterocycles. The number of fused-ring (bicyclic) bond motifs is 1. The Balaban J connectivity index is 2.15. The summed E-state index contributed by atoms with van der Waals surface area (Å²) >= 11 is 0. The molecule has 3 aromatic rings. The summed E-state index contributed by atoms with van der Waals surface area (Å²) in [6.45, 7) is 4.43. The van der Waals surface area contributed by atoms with Gasteiger partial charge in [-0.15, -0.1) is 0 Å². The summed E-state index contributed by atoms with van der Waals surface area (Å²) in [7, 11) is 0. The van der Waals surface area contributed by atoms with Gasteiger partial charge in [0.25, 0.3) is 0 Å². The van der Waals surface area contributed by atoms with Gasteiger partial charge in [-0.2, -0.15) is 9.61 Å². The third-order valence-corrected chi connectivity index (χ3v) is 4.17. The lowest BCUT2D eigenvalue weighted by molar-refractivity contribution is 0.598. The van der Waals surface area contributed by atoms with Gasteiger partial charge < -0.3 is 5.73 Å². The summed E-state index contributed by atoms with van der Waals surface area (Å²) in [5, 5.41) is 4.43. The quantitative estimate of drug-likeness (QED) is 0.764. The maximum absolute atomic E-state index is 6.18. The van der Waals surface area contributed by atoms with E-state index in [1.54, 1.807) is 4.52 Å². The van der Waals surface area contributed by atoms with Gasteiger partial charge in [-0.05, 0) is 18.8 Å². The predicted octanol–water partition coefficient (Wildman–Crippen LogP) is 4.27. The van der Waals surface area contributed by atoms with Crippen molar-refractivity contribution in [3.05, 3.63) is 48.2 Å². The molecule has 0 fully saturated rings. The molecule has 114 valence electrons. The van der Waals surface area contributed by atoms with Crippen LogP contribution in [0.1, 0.15) is 44.6 Å². The number of hydrogen-bond acceptors (Lipinski definition) is 3. The van der Waals surface area contributed by atoms with Gasteiger partial charge in [0.1, 0.15) is 5.82 Å². The summed E-state index contributed by atoms with van der Waals surface area (Å²) in [6.07, 6.45) is 5.32. The molecule has 22 heavy (non-hydrogen) atoms. The summed E-state index contributed by atoms with van der Waals surface area (Å²) < 4.78 is 1.75. The van der Waals surface area contributed by atoms with Gasteiger partial charge in [-0.3, -0.25) is 0 Å². The Bertz CT molecular complexity index is 761. The van der Waals surface area contributed by atoms with Crippen LogP contribution in [0, 0.1) is 0 Å². The fourth-order valence-corrected chi connectivity index (χ4v) is 2.98. The van der Waals surface area contributed by atoms with Gasteiger partial charge in [0.2, 0.25) is 0 Å². The fourth-order valence-electron chi connectivity index (χ4n) is 2.98. The zero-order valence-corrected chi connectivity index (χ0v) is 13.2. The van der Waals surface area contributed by atoms with E-state index in [0.29, 0.717) is 11.7 Å². The third-order valence-electron chi connectivity index (χ3n) is 4.17. The maximum Gasteiger partial charge on any atom is 0.161 e. The lowest BCUT2D eigenvalue weighted by Gasteiger charge is -2.12. The van der Waals surface area contributed by atoms with Crippen LogP contribution in [-0.2, 0) is 0 Å². The first kappa shape index (κ1) is 14.6. The van der Waals surface area contributed by atoms with E-state index >= 15 is 0 Å². The van der Waals surface area contributed by atoms with E-state index in [1.165, 1.54) is 5.56 Å². The predicted molar refractivity (Wildman–Crippen MR) is 90.8 cm³/mol. The molecule has 0 radical (unpaired) electrons. The van der Waals surface area contributed by atoms with Gasteiger partial charge in [0.05, 0.1) is 11.9 Å². The van der Waals surface area contributed by atoms with Crippen LogP contribution in [-0.4, -0.2) is 14.6 Å². The van der Waals surface area contributed by atoms with Gasteiger partial charge in [0, 0.05) is 17.2 Å². The highest BCUT2D eigenvalue weighted by atomic mass is 15.3. The molecule has 0 aliphatic heterocycles. The molecule has 1 unspecified atom stereocenters. The summed E-state index contributed by atoms with van der Waals surface area (Å²) in [5.41, 5.74) is 10.3. The molecule has 0 amide bonds. The van der Waals surface area contributed by atoms with E-state index in [-0.39, 0.29) is 0 Å². The highest BCUT2D eigenvalue weighted by Gasteiger charge is 2.17. The van der Waals surface area contributed by atoms with E-state index in [4.69, 9.17) is 10.7 Å². The van der Waals surface area contributed by atoms with Crippen LogP contribution in [0.3, 0.4) is 0 Å². The molecule has 1 atom stereocenters. The first-order chi connectivity index (χ1) is 10.7. The zero-order chi connectivity index (χ0) is 15.5. The van der Waals surface area contributed by atoms with Crippen LogP contribution < -0.4 is 5.73 Å². The van der Waals surface area contributed by atoms with Gasteiger partial charge >= 0.3 is 0 Å². The minimum atomic E-state index is 0.487. The minimum Gasteiger partial charge on any atom is -0.384 e. The molecule has 2 N–H and O–H groups in total. The monoisotopic (exact) mass is 294 g/mol.